The van der Waals surface area contributed by atoms with Gasteiger partial charge in [-0.25, -0.2) is 0 Å². The Labute approximate surface area is 102 Å². The minimum absolute atomic E-state index is 0.0142. The molecule has 4 nitrogen and oxygen atoms in total. The van der Waals surface area contributed by atoms with Crippen LogP contribution in [0.25, 0.3) is 0 Å². The summed E-state index contributed by atoms with van der Waals surface area (Å²) in [6.07, 6.45) is 6.74. The zero-order valence-electron chi connectivity index (χ0n) is 10.1. The summed E-state index contributed by atoms with van der Waals surface area (Å²) >= 11 is 0. The second-order valence-electron chi connectivity index (χ2n) is 5.13. The van der Waals surface area contributed by atoms with E-state index in [1.165, 1.54) is 17.7 Å². The second kappa shape index (κ2) is 4.87. The van der Waals surface area contributed by atoms with Crippen LogP contribution in [0.15, 0.2) is 0 Å². The molecule has 2 amide bonds. The fourth-order valence-corrected chi connectivity index (χ4v) is 3.04. The van der Waals surface area contributed by atoms with Gasteiger partial charge in [0, 0.05) is 13.0 Å². The molecule has 0 aromatic carbocycles. The summed E-state index contributed by atoms with van der Waals surface area (Å²) in [6, 6.07) is 1.99. The van der Waals surface area contributed by atoms with Crippen LogP contribution >= 0.6 is 0 Å². The molecule has 0 aromatic rings. The Morgan fingerprint density at radius 2 is 1.82 bits per heavy atom. The molecule has 0 radical (unpaired) electrons. The maximum absolute atomic E-state index is 12.3. The van der Waals surface area contributed by atoms with Crippen molar-refractivity contribution in [1.29, 1.82) is 5.26 Å². The topological polar surface area (TPSA) is 61.2 Å². The van der Waals surface area contributed by atoms with Crippen LogP contribution in [0.3, 0.4) is 0 Å². The monoisotopic (exact) mass is 234 g/mol. The van der Waals surface area contributed by atoms with Gasteiger partial charge in [-0.2, -0.15) is 5.26 Å². The van der Waals surface area contributed by atoms with Crippen LogP contribution in [0.4, 0.5) is 0 Å². The third-order valence-corrected chi connectivity index (χ3v) is 4.00. The molecule has 1 saturated carbocycles. The highest BCUT2D eigenvalue weighted by Gasteiger charge is 2.50. The Morgan fingerprint density at radius 3 is 2.41 bits per heavy atom. The van der Waals surface area contributed by atoms with Crippen molar-refractivity contribution in [3.05, 3.63) is 0 Å². The summed E-state index contributed by atoms with van der Waals surface area (Å²) < 4.78 is 0. The smallest absolute Gasteiger partial charge is 0.235 e. The van der Waals surface area contributed by atoms with E-state index >= 15 is 0 Å². The average molecular weight is 234 g/mol. The molecule has 1 heterocycles. The summed E-state index contributed by atoms with van der Waals surface area (Å²) in [5, 5.41) is 8.55. The summed E-state index contributed by atoms with van der Waals surface area (Å²) in [5.41, 5.74) is -0.414. The standard InChI is InChI=1S/C13H18N2O2/c14-8-5-9-15-11(16)10-13(12(15)17)6-3-1-2-4-7-13/h1-7,9-10H2. The predicted octanol–water partition coefficient (Wildman–Crippen LogP) is 2.00. The van der Waals surface area contributed by atoms with Crippen molar-refractivity contribution >= 4 is 11.8 Å². The molecule has 0 unspecified atom stereocenters. The fraction of sp³-hybridized carbons (Fsp3) is 0.769. The Morgan fingerprint density at radius 1 is 1.18 bits per heavy atom. The van der Waals surface area contributed by atoms with Gasteiger partial charge in [0.2, 0.25) is 11.8 Å². The number of carbonyl (C=O) groups is 2. The molecule has 0 atom stereocenters. The molecule has 0 N–H and O–H groups in total. The van der Waals surface area contributed by atoms with Gasteiger partial charge in [0.25, 0.3) is 0 Å². The molecular formula is C13H18N2O2. The highest BCUT2D eigenvalue weighted by molar-refractivity contribution is 6.05. The van der Waals surface area contributed by atoms with Crippen LogP contribution in [0, 0.1) is 16.7 Å². The Hall–Kier alpha value is -1.37. The first kappa shape index (κ1) is 12.1. The summed E-state index contributed by atoms with van der Waals surface area (Å²) in [7, 11) is 0. The third kappa shape index (κ3) is 2.19. The molecule has 1 aliphatic heterocycles. The zero-order valence-corrected chi connectivity index (χ0v) is 10.1. The Kier molecular flexibility index (Phi) is 3.46. The lowest BCUT2D eigenvalue weighted by molar-refractivity contribution is -0.141. The number of nitrogens with zero attached hydrogens (tertiary/aromatic N) is 2. The summed E-state index contributed by atoms with van der Waals surface area (Å²) in [4.78, 5) is 25.5. The quantitative estimate of drug-likeness (QED) is 0.686. The first-order chi connectivity index (χ1) is 8.19. The van der Waals surface area contributed by atoms with Gasteiger partial charge in [-0.1, -0.05) is 25.7 Å². The van der Waals surface area contributed by atoms with E-state index in [0.29, 0.717) is 6.42 Å². The number of likely N-dealkylation sites (tertiary alicyclic amines) is 1. The molecule has 0 bridgehead atoms. The van der Waals surface area contributed by atoms with Crippen molar-refractivity contribution in [2.24, 2.45) is 5.41 Å². The van der Waals surface area contributed by atoms with Crippen molar-refractivity contribution in [3.8, 4) is 6.07 Å². The summed E-state index contributed by atoms with van der Waals surface area (Å²) in [6.45, 7) is 0.274. The molecule has 2 aliphatic rings. The van der Waals surface area contributed by atoms with Gasteiger partial charge in [-0.05, 0) is 12.8 Å². The van der Waals surface area contributed by atoms with Crippen molar-refractivity contribution in [2.75, 3.05) is 6.54 Å². The van der Waals surface area contributed by atoms with Gasteiger partial charge in [0.15, 0.2) is 0 Å². The van der Waals surface area contributed by atoms with Crippen molar-refractivity contribution in [1.82, 2.24) is 4.90 Å². The Bertz CT molecular complexity index is 362. The highest BCUT2D eigenvalue weighted by Crippen LogP contribution is 2.44. The maximum atomic E-state index is 12.3. The average Bonchev–Trinajstić information content (AvgIpc) is 2.50. The summed E-state index contributed by atoms with van der Waals surface area (Å²) in [5.74, 6) is -0.0909. The SMILES string of the molecule is N#CCCN1C(=O)CC2(CCCCCC2)C1=O. The number of hydrogen-bond acceptors (Lipinski definition) is 3. The van der Waals surface area contributed by atoms with Crippen molar-refractivity contribution in [2.45, 2.75) is 51.4 Å². The van der Waals surface area contributed by atoms with E-state index in [1.54, 1.807) is 0 Å². The van der Waals surface area contributed by atoms with E-state index in [4.69, 9.17) is 5.26 Å². The lowest BCUT2D eigenvalue weighted by Gasteiger charge is -2.24. The van der Waals surface area contributed by atoms with Gasteiger partial charge in [0.05, 0.1) is 17.9 Å². The molecule has 17 heavy (non-hydrogen) atoms. The van der Waals surface area contributed by atoms with Crippen LogP contribution in [0.2, 0.25) is 0 Å². The van der Waals surface area contributed by atoms with E-state index in [0.717, 1.165) is 25.7 Å². The van der Waals surface area contributed by atoms with Crippen LogP contribution in [0.5, 0.6) is 0 Å². The van der Waals surface area contributed by atoms with Gasteiger partial charge in [0.1, 0.15) is 0 Å². The Balaban J connectivity index is 2.13. The lowest BCUT2D eigenvalue weighted by Crippen LogP contribution is -2.36. The fourth-order valence-electron chi connectivity index (χ4n) is 3.04. The number of amides is 2. The van der Waals surface area contributed by atoms with E-state index in [-0.39, 0.29) is 24.8 Å². The van der Waals surface area contributed by atoms with Crippen LogP contribution in [-0.4, -0.2) is 23.3 Å². The second-order valence-corrected chi connectivity index (χ2v) is 5.13. The van der Waals surface area contributed by atoms with E-state index in [1.807, 2.05) is 6.07 Å². The number of carbonyl (C=O) groups excluding carboxylic acids is 2. The maximum Gasteiger partial charge on any atom is 0.235 e. The molecule has 2 rings (SSSR count). The first-order valence-corrected chi connectivity index (χ1v) is 6.41. The molecule has 1 spiro atoms. The number of rotatable bonds is 2. The normalized spacial score (nSPS) is 23.8. The van der Waals surface area contributed by atoms with Crippen molar-refractivity contribution in [3.63, 3.8) is 0 Å². The molecule has 1 aliphatic carbocycles. The van der Waals surface area contributed by atoms with E-state index in [2.05, 4.69) is 0 Å². The minimum Gasteiger partial charge on any atom is -0.281 e. The predicted molar refractivity (Wildman–Crippen MR) is 61.7 cm³/mol. The zero-order chi connectivity index (χ0) is 12.3. The van der Waals surface area contributed by atoms with Gasteiger partial charge in [-0.15, -0.1) is 0 Å². The van der Waals surface area contributed by atoms with Crippen LogP contribution in [-0.2, 0) is 9.59 Å². The highest BCUT2D eigenvalue weighted by atomic mass is 16.2. The molecular weight excluding hydrogens is 216 g/mol. The van der Waals surface area contributed by atoms with Crippen LogP contribution < -0.4 is 0 Å². The largest absolute Gasteiger partial charge is 0.281 e. The van der Waals surface area contributed by atoms with E-state index in [9.17, 15) is 9.59 Å². The first-order valence-electron chi connectivity index (χ1n) is 6.41. The third-order valence-electron chi connectivity index (χ3n) is 4.00. The minimum atomic E-state index is -0.414. The van der Waals surface area contributed by atoms with E-state index < -0.39 is 5.41 Å². The number of nitriles is 1. The molecule has 4 heteroatoms. The van der Waals surface area contributed by atoms with Crippen molar-refractivity contribution < 1.29 is 9.59 Å². The molecule has 92 valence electrons. The van der Waals surface area contributed by atoms with Crippen LogP contribution in [0.1, 0.15) is 51.4 Å². The molecule has 0 aromatic heterocycles. The molecule has 1 saturated heterocycles. The van der Waals surface area contributed by atoms with Gasteiger partial charge in [-0.3, -0.25) is 14.5 Å². The number of imide groups is 1. The molecule has 2 fully saturated rings. The number of hydrogen-bond donors (Lipinski definition) is 0. The van der Waals surface area contributed by atoms with Gasteiger partial charge >= 0.3 is 0 Å². The van der Waals surface area contributed by atoms with Gasteiger partial charge < -0.3 is 0 Å². The lowest BCUT2D eigenvalue weighted by atomic mass is 9.79.